The highest BCUT2D eigenvalue weighted by molar-refractivity contribution is 6.31. The molecule has 0 aliphatic rings. The molecule has 1 aromatic carbocycles. The number of nitrogens with two attached hydrogens (primary N) is 1. The number of hydrazone groups is 1. The fourth-order valence-electron chi connectivity index (χ4n) is 1.36. The van der Waals surface area contributed by atoms with Gasteiger partial charge in [-0.3, -0.25) is 4.98 Å². The van der Waals surface area contributed by atoms with Crippen molar-refractivity contribution >= 4 is 28.7 Å². The van der Waals surface area contributed by atoms with Gasteiger partial charge in [0.15, 0.2) is 0 Å². The standard InChI is InChI=1S/C10H8ClN3/c11-9-4-7-2-1-3-13-10(7)8(5-9)6-14-12/h1-6H,12H2. The first kappa shape index (κ1) is 8.97. The van der Waals surface area contributed by atoms with Gasteiger partial charge in [-0.05, 0) is 18.2 Å². The lowest BCUT2D eigenvalue weighted by molar-refractivity contribution is 1.26. The molecular formula is C10H8ClN3. The molecule has 0 atom stereocenters. The summed E-state index contributed by atoms with van der Waals surface area (Å²) in [5, 5.41) is 5.11. The average molecular weight is 206 g/mol. The van der Waals surface area contributed by atoms with Crippen LogP contribution in [0.1, 0.15) is 5.56 Å². The Morgan fingerprint density at radius 1 is 1.43 bits per heavy atom. The number of nitrogens with zero attached hydrogens (tertiary/aromatic N) is 2. The minimum Gasteiger partial charge on any atom is -0.323 e. The first-order valence-electron chi connectivity index (χ1n) is 4.09. The second kappa shape index (κ2) is 3.64. The van der Waals surface area contributed by atoms with E-state index in [9.17, 15) is 0 Å². The SMILES string of the molecule is NN=Cc1cc(Cl)cc2cccnc12. The zero-order chi connectivity index (χ0) is 9.97. The molecule has 1 aromatic heterocycles. The lowest BCUT2D eigenvalue weighted by Crippen LogP contribution is -1.90. The summed E-state index contributed by atoms with van der Waals surface area (Å²) in [5.41, 5.74) is 1.68. The van der Waals surface area contributed by atoms with E-state index in [1.807, 2.05) is 18.2 Å². The molecule has 1 heterocycles. The Bertz CT molecular complexity index is 494. The van der Waals surface area contributed by atoms with Crippen molar-refractivity contribution in [1.29, 1.82) is 0 Å². The molecule has 2 rings (SSSR count). The molecule has 0 saturated heterocycles. The van der Waals surface area contributed by atoms with Gasteiger partial charge in [-0.25, -0.2) is 0 Å². The second-order valence-electron chi connectivity index (χ2n) is 2.85. The van der Waals surface area contributed by atoms with E-state index >= 15 is 0 Å². The summed E-state index contributed by atoms with van der Waals surface area (Å²) >= 11 is 5.93. The number of hydrogen-bond acceptors (Lipinski definition) is 3. The number of benzene rings is 1. The first-order valence-corrected chi connectivity index (χ1v) is 4.46. The van der Waals surface area contributed by atoms with Crippen molar-refractivity contribution in [2.45, 2.75) is 0 Å². The van der Waals surface area contributed by atoms with Gasteiger partial charge in [0.2, 0.25) is 0 Å². The average Bonchev–Trinajstić information content (AvgIpc) is 2.18. The Morgan fingerprint density at radius 3 is 3.07 bits per heavy atom. The van der Waals surface area contributed by atoms with Crippen LogP contribution in [0.15, 0.2) is 35.6 Å². The third-order valence-electron chi connectivity index (χ3n) is 1.91. The quantitative estimate of drug-likeness (QED) is 0.441. The highest BCUT2D eigenvalue weighted by Crippen LogP contribution is 2.20. The molecule has 0 aliphatic heterocycles. The third kappa shape index (κ3) is 1.54. The summed E-state index contributed by atoms with van der Waals surface area (Å²) in [6, 6.07) is 7.45. The maximum Gasteiger partial charge on any atom is 0.0791 e. The molecule has 2 N–H and O–H groups in total. The lowest BCUT2D eigenvalue weighted by atomic mass is 10.1. The van der Waals surface area contributed by atoms with Crippen molar-refractivity contribution in [3.63, 3.8) is 0 Å². The van der Waals surface area contributed by atoms with Crippen LogP contribution in [-0.2, 0) is 0 Å². The maximum absolute atomic E-state index is 5.93. The van der Waals surface area contributed by atoms with Crippen molar-refractivity contribution in [1.82, 2.24) is 4.98 Å². The number of rotatable bonds is 1. The highest BCUT2D eigenvalue weighted by Gasteiger charge is 2.01. The second-order valence-corrected chi connectivity index (χ2v) is 3.28. The van der Waals surface area contributed by atoms with E-state index in [-0.39, 0.29) is 0 Å². The summed E-state index contributed by atoms with van der Waals surface area (Å²) in [6.45, 7) is 0. The molecule has 4 heteroatoms. The predicted molar refractivity (Wildman–Crippen MR) is 58.5 cm³/mol. The van der Waals surface area contributed by atoms with Crippen molar-refractivity contribution in [2.75, 3.05) is 0 Å². The molecule has 0 bridgehead atoms. The van der Waals surface area contributed by atoms with Crippen molar-refractivity contribution in [3.8, 4) is 0 Å². The van der Waals surface area contributed by atoms with Gasteiger partial charge in [0.1, 0.15) is 0 Å². The number of hydrogen-bond donors (Lipinski definition) is 1. The first-order chi connectivity index (χ1) is 6.81. The Labute approximate surface area is 86.2 Å². The molecule has 0 aliphatic carbocycles. The third-order valence-corrected chi connectivity index (χ3v) is 2.13. The Kier molecular flexibility index (Phi) is 2.33. The summed E-state index contributed by atoms with van der Waals surface area (Å²) in [5.74, 6) is 5.10. The van der Waals surface area contributed by atoms with E-state index in [0.29, 0.717) is 5.02 Å². The summed E-state index contributed by atoms with van der Waals surface area (Å²) in [7, 11) is 0. The van der Waals surface area contributed by atoms with Crippen molar-refractivity contribution < 1.29 is 0 Å². The molecule has 0 radical (unpaired) electrons. The summed E-state index contributed by atoms with van der Waals surface area (Å²) in [4.78, 5) is 4.24. The normalized spacial score (nSPS) is 11.2. The molecule has 0 fully saturated rings. The number of pyridine rings is 1. The van der Waals surface area contributed by atoms with Gasteiger partial charge in [-0.2, -0.15) is 5.10 Å². The van der Waals surface area contributed by atoms with Crippen LogP contribution in [0.4, 0.5) is 0 Å². The van der Waals surface area contributed by atoms with Crippen LogP contribution in [0.5, 0.6) is 0 Å². The van der Waals surface area contributed by atoms with Gasteiger partial charge in [0.25, 0.3) is 0 Å². The van der Waals surface area contributed by atoms with Crippen molar-refractivity contribution in [2.24, 2.45) is 10.9 Å². The topological polar surface area (TPSA) is 51.3 Å². The molecule has 70 valence electrons. The van der Waals surface area contributed by atoms with Crippen LogP contribution in [-0.4, -0.2) is 11.2 Å². The highest BCUT2D eigenvalue weighted by atomic mass is 35.5. The van der Waals surface area contributed by atoms with Crippen LogP contribution in [0.25, 0.3) is 10.9 Å². The molecule has 3 nitrogen and oxygen atoms in total. The van der Waals surface area contributed by atoms with Gasteiger partial charge in [0.05, 0.1) is 11.7 Å². The van der Waals surface area contributed by atoms with Crippen molar-refractivity contribution in [3.05, 3.63) is 41.0 Å². The van der Waals surface area contributed by atoms with Gasteiger partial charge in [-0.1, -0.05) is 17.7 Å². The molecular weight excluding hydrogens is 198 g/mol. The minimum absolute atomic E-state index is 0.653. The lowest BCUT2D eigenvalue weighted by Gasteiger charge is -2.01. The van der Waals surface area contributed by atoms with Crippen LogP contribution >= 0.6 is 11.6 Å². The molecule has 0 saturated carbocycles. The van der Waals surface area contributed by atoms with E-state index in [4.69, 9.17) is 17.4 Å². The van der Waals surface area contributed by atoms with E-state index in [0.717, 1.165) is 16.5 Å². The number of halogens is 1. The van der Waals surface area contributed by atoms with E-state index < -0.39 is 0 Å². The minimum atomic E-state index is 0.653. The van der Waals surface area contributed by atoms with Gasteiger partial charge >= 0.3 is 0 Å². The summed E-state index contributed by atoms with van der Waals surface area (Å²) in [6.07, 6.45) is 3.27. The maximum atomic E-state index is 5.93. The van der Waals surface area contributed by atoms with Crippen LogP contribution in [0.3, 0.4) is 0 Å². The molecule has 0 unspecified atom stereocenters. The van der Waals surface area contributed by atoms with E-state index in [2.05, 4.69) is 10.1 Å². The monoisotopic (exact) mass is 205 g/mol. The number of aromatic nitrogens is 1. The zero-order valence-corrected chi connectivity index (χ0v) is 8.07. The largest absolute Gasteiger partial charge is 0.323 e. The number of fused-ring (bicyclic) bond motifs is 1. The summed E-state index contributed by atoms with van der Waals surface area (Å²) < 4.78 is 0. The van der Waals surface area contributed by atoms with Gasteiger partial charge < -0.3 is 5.84 Å². The molecule has 14 heavy (non-hydrogen) atoms. The van der Waals surface area contributed by atoms with Crippen LogP contribution in [0, 0.1) is 0 Å². The molecule has 0 spiro atoms. The van der Waals surface area contributed by atoms with Gasteiger partial charge in [0, 0.05) is 22.2 Å². The van der Waals surface area contributed by atoms with Gasteiger partial charge in [-0.15, -0.1) is 0 Å². The molecule has 0 amide bonds. The zero-order valence-electron chi connectivity index (χ0n) is 7.31. The van der Waals surface area contributed by atoms with E-state index in [1.165, 1.54) is 0 Å². The Morgan fingerprint density at radius 2 is 2.29 bits per heavy atom. The predicted octanol–water partition coefficient (Wildman–Crippen LogP) is 2.18. The fourth-order valence-corrected chi connectivity index (χ4v) is 1.60. The Hall–Kier alpha value is -1.61. The van der Waals surface area contributed by atoms with Crippen LogP contribution in [0.2, 0.25) is 5.02 Å². The fraction of sp³-hybridized carbons (Fsp3) is 0. The smallest absolute Gasteiger partial charge is 0.0791 e. The van der Waals surface area contributed by atoms with E-state index in [1.54, 1.807) is 18.5 Å². The molecule has 2 aromatic rings. The Balaban J connectivity index is 2.79. The van der Waals surface area contributed by atoms with Crippen LogP contribution < -0.4 is 5.84 Å².